The van der Waals surface area contributed by atoms with Crippen molar-refractivity contribution in [2.45, 2.75) is 38.6 Å². The van der Waals surface area contributed by atoms with Crippen molar-refractivity contribution in [2.24, 2.45) is 10.9 Å². The van der Waals surface area contributed by atoms with Crippen molar-refractivity contribution >= 4 is 45.4 Å². The second-order valence-electron chi connectivity index (χ2n) is 8.41. The highest BCUT2D eigenvalue weighted by Crippen LogP contribution is 2.40. The van der Waals surface area contributed by atoms with Crippen molar-refractivity contribution in [3.8, 4) is 0 Å². The molecule has 31 heavy (non-hydrogen) atoms. The maximum Gasteiger partial charge on any atom is 0.267 e. The fourth-order valence-electron chi connectivity index (χ4n) is 4.67. The van der Waals surface area contributed by atoms with Crippen LogP contribution >= 0.6 is 11.8 Å². The zero-order chi connectivity index (χ0) is 21.2. The van der Waals surface area contributed by atoms with Gasteiger partial charge in [-0.2, -0.15) is 0 Å². The zero-order valence-electron chi connectivity index (χ0n) is 17.7. The second-order valence-corrected chi connectivity index (χ2v) is 9.42. The van der Waals surface area contributed by atoms with Crippen LogP contribution in [-0.4, -0.2) is 22.0 Å². The lowest BCUT2D eigenvalue weighted by Crippen LogP contribution is -2.44. The van der Waals surface area contributed by atoms with Crippen LogP contribution in [0.5, 0.6) is 0 Å². The van der Waals surface area contributed by atoms with Crippen LogP contribution in [0.1, 0.15) is 38.2 Å². The summed E-state index contributed by atoms with van der Waals surface area (Å²) in [6.07, 6.45) is 6.67. The number of para-hydroxylation sites is 1. The number of fused-ring (bicyclic) bond motifs is 1. The fourth-order valence-corrected chi connectivity index (χ4v) is 5.70. The van der Waals surface area contributed by atoms with E-state index in [-0.39, 0.29) is 11.9 Å². The van der Waals surface area contributed by atoms with Crippen LogP contribution in [0.3, 0.4) is 0 Å². The van der Waals surface area contributed by atoms with Gasteiger partial charge >= 0.3 is 0 Å². The zero-order valence-corrected chi connectivity index (χ0v) is 18.5. The molecule has 0 bridgehead atoms. The first kappa shape index (κ1) is 20.1. The van der Waals surface area contributed by atoms with Gasteiger partial charge in [-0.25, -0.2) is 4.99 Å². The van der Waals surface area contributed by atoms with Gasteiger partial charge in [0.05, 0.1) is 10.6 Å². The second kappa shape index (κ2) is 8.72. The third-order valence-electron chi connectivity index (χ3n) is 6.33. The molecule has 0 spiro atoms. The Hall–Kier alpha value is -2.85. The highest BCUT2D eigenvalue weighted by Gasteiger charge is 2.41. The van der Waals surface area contributed by atoms with E-state index in [1.807, 2.05) is 53.4 Å². The molecular formula is C27H26N2OS. The van der Waals surface area contributed by atoms with Gasteiger partial charge < -0.3 is 0 Å². The van der Waals surface area contributed by atoms with Crippen LogP contribution in [-0.2, 0) is 4.79 Å². The third-order valence-corrected chi connectivity index (χ3v) is 7.31. The van der Waals surface area contributed by atoms with Gasteiger partial charge in [-0.3, -0.25) is 9.69 Å². The molecule has 2 fully saturated rings. The van der Waals surface area contributed by atoms with E-state index >= 15 is 0 Å². The third kappa shape index (κ3) is 4.05. The van der Waals surface area contributed by atoms with E-state index in [4.69, 9.17) is 4.99 Å². The lowest BCUT2D eigenvalue weighted by Gasteiger charge is -2.35. The molecule has 1 saturated carbocycles. The summed E-state index contributed by atoms with van der Waals surface area (Å²) < 4.78 is 0. The molecule has 0 radical (unpaired) electrons. The molecule has 3 nitrogen and oxygen atoms in total. The maximum atomic E-state index is 13.6. The fraction of sp³-hybridized carbons (Fsp3) is 0.259. The molecule has 1 aliphatic heterocycles. The molecule has 4 heteroatoms. The van der Waals surface area contributed by atoms with Crippen molar-refractivity contribution in [3.63, 3.8) is 0 Å². The smallest absolute Gasteiger partial charge is 0.267 e. The van der Waals surface area contributed by atoms with Crippen molar-refractivity contribution in [1.29, 1.82) is 0 Å². The number of hydrogen-bond donors (Lipinski definition) is 0. The molecule has 0 unspecified atom stereocenters. The number of thioether (sulfide) groups is 1. The standard InChI is InChI=1S/C27H26N2OS/c1-19-10-5-8-17-24(19)29-26(30)25(31-27(29)28-22-14-3-2-4-15-22)18-21-13-9-12-20-11-6-7-16-23(20)21/h2-4,6-7,9,11-16,18-19,24H,5,8,10,17H2,1H3/b25-18-,28-27?/t19-,24-/m1/s1. The first-order valence-corrected chi connectivity index (χ1v) is 11.9. The van der Waals surface area contributed by atoms with Gasteiger partial charge in [0.25, 0.3) is 5.91 Å². The number of rotatable bonds is 3. The summed E-state index contributed by atoms with van der Waals surface area (Å²) in [5.74, 6) is 0.572. The van der Waals surface area contributed by atoms with Crippen molar-refractivity contribution < 1.29 is 4.79 Å². The summed E-state index contributed by atoms with van der Waals surface area (Å²) in [7, 11) is 0. The molecule has 0 aromatic heterocycles. The van der Waals surface area contributed by atoms with Gasteiger partial charge in [0, 0.05) is 6.04 Å². The Kier molecular flexibility index (Phi) is 5.65. The number of benzene rings is 3. The summed E-state index contributed by atoms with van der Waals surface area (Å²) in [6, 6.07) is 24.7. The van der Waals surface area contributed by atoms with Crippen molar-refractivity contribution in [2.75, 3.05) is 0 Å². The lowest BCUT2D eigenvalue weighted by molar-refractivity contribution is -0.124. The van der Waals surface area contributed by atoms with Crippen LogP contribution in [0.15, 0.2) is 82.7 Å². The molecule has 1 amide bonds. The predicted octanol–water partition coefficient (Wildman–Crippen LogP) is 7.02. The van der Waals surface area contributed by atoms with Crippen LogP contribution < -0.4 is 0 Å². The summed E-state index contributed by atoms with van der Waals surface area (Å²) in [4.78, 5) is 21.3. The summed E-state index contributed by atoms with van der Waals surface area (Å²) >= 11 is 1.51. The molecule has 3 aromatic carbocycles. The number of nitrogens with zero attached hydrogens (tertiary/aromatic N) is 2. The van der Waals surface area contributed by atoms with Gasteiger partial charge in [-0.15, -0.1) is 0 Å². The van der Waals surface area contributed by atoms with Gasteiger partial charge in [0.1, 0.15) is 0 Å². The van der Waals surface area contributed by atoms with E-state index in [1.165, 1.54) is 36.4 Å². The number of carbonyl (C=O) groups excluding carboxylic acids is 1. The predicted molar refractivity (Wildman–Crippen MR) is 131 cm³/mol. The van der Waals surface area contributed by atoms with E-state index in [2.05, 4.69) is 37.3 Å². The Morgan fingerprint density at radius 3 is 2.52 bits per heavy atom. The Labute approximate surface area is 187 Å². The average Bonchev–Trinajstić information content (AvgIpc) is 3.09. The monoisotopic (exact) mass is 426 g/mol. The van der Waals surface area contributed by atoms with Gasteiger partial charge in [0.15, 0.2) is 5.17 Å². The average molecular weight is 427 g/mol. The maximum absolute atomic E-state index is 13.6. The van der Waals surface area contributed by atoms with E-state index in [0.29, 0.717) is 5.92 Å². The van der Waals surface area contributed by atoms with E-state index in [0.717, 1.165) is 33.1 Å². The van der Waals surface area contributed by atoms with E-state index < -0.39 is 0 Å². The van der Waals surface area contributed by atoms with Crippen LogP contribution in [0.4, 0.5) is 5.69 Å². The van der Waals surface area contributed by atoms with E-state index in [1.54, 1.807) is 0 Å². The number of aliphatic imine (C=N–C) groups is 1. The molecule has 0 N–H and O–H groups in total. The lowest BCUT2D eigenvalue weighted by atomic mass is 9.85. The molecule has 3 aromatic rings. The highest BCUT2D eigenvalue weighted by atomic mass is 32.2. The first-order valence-electron chi connectivity index (χ1n) is 11.1. The van der Waals surface area contributed by atoms with Crippen LogP contribution in [0.2, 0.25) is 0 Å². The number of carbonyl (C=O) groups is 1. The number of hydrogen-bond acceptors (Lipinski definition) is 3. The first-order chi connectivity index (χ1) is 15.2. The Balaban J connectivity index is 1.57. The largest absolute Gasteiger partial charge is 0.283 e. The minimum atomic E-state index is 0.0892. The molecule has 5 rings (SSSR count). The molecular weight excluding hydrogens is 400 g/mol. The normalized spacial score (nSPS) is 24.4. The summed E-state index contributed by atoms with van der Waals surface area (Å²) in [5.41, 5.74) is 1.96. The molecule has 2 aliphatic rings. The molecule has 156 valence electrons. The molecule has 1 heterocycles. The van der Waals surface area contributed by atoms with Gasteiger partial charge in [0.2, 0.25) is 0 Å². The molecule has 2 atom stereocenters. The van der Waals surface area contributed by atoms with Crippen LogP contribution in [0, 0.1) is 5.92 Å². The SMILES string of the molecule is C[C@@H]1CCCC[C@H]1N1C(=O)/C(=C/c2cccc3ccccc23)SC1=Nc1ccccc1. The summed E-state index contributed by atoms with van der Waals surface area (Å²) in [6.45, 7) is 2.27. The Morgan fingerprint density at radius 2 is 1.68 bits per heavy atom. The van der Waals surface area contributed by atoms with Crippen molar-refractivity contribution in [1.82, 2.24) is 4.90 Å². The molecule has 1 aliphatic carbocycles. The summed E-state index contributed by atoms with van der Waals surface area (Å²) in [5, 5.41) is 3.15. The number of amides is 1. The number of amidine groups is 1. The highest BCUT2D eigenvalue weighted by molar-refractivity contribution is 8.18. The van der Waals surface area contributed by atoms with Crippen molar-refractivity contribution in [3.05, 3.63) is 83.3 Å². The topological polar surface area (TPSA) is 32.7 Å². The minimum Gasteiger partial charge on any atom is -0.283 e. The van der Waals surface area contributed by atoms with Crippen LogP contribution in [0.25, 0.3) is 16.8 Å². The minimum absolute atomic E-state index is 0.0892. The molecule has 1 saturated heterocycles. The van der Waals surface area contributed by atoms with Gasteiger partial charge in [-0.05, 0) is 65.1 Å². The van der Waals surface area contributed by atoms with Gasteiger partial charge in [-0.1, -0.05) is 80.4 Å². The van der Waals surface area contributed by atoms with E-state index in [9.17, 15) is 4.79 Å². The Morgan fingerprint density at radius 1 is 0.935 bits per heavy atom. The quantitative estimate of drug-likeness (QED) is 0.421. The Bertz CT molecular complexity index is 1160.